The second-order valence-corrected chi connectivity index (χ2v) is 8.31. The number of ether oxygens (including phenoxy) is 3. The van der Waals surface area contributed by atoms with Crippen LogP contribution in [0.2, 0.25) is 5.02 Å². The van der Waals surface area contributed by atoms with Crippen LogP contribution >= 0.6 is 11.6 Å². The number of benzene rings is 3. The smallest absolute Gasteiger partial charge is 0.344 e. The Morgan fingerprint density at radius 1 is 1.03 bits per heavy atom. The third kappa shape index (κ3) is 7.36. The van der Waals surface area contributed by atoms with Crippen LogP contribution in [0.15, 0.2) is 54.6 Å². The molecule has 0 bridgehead atoms. The predicted molar refractivity (Wildman–Crippen MR) is 144 cm³/mol. The van der Waals surface area contributed by atoms with Crippen LogP contribution in [0.3, 0.4) is 0 Å². The molecule has 11 heteroatoms. The second kappa shape index (κ2) is 13.3. The van der Waals surface area contributed by atoms with E-state index >= 15 is 0 Å². The van der Waals surface area contributed by atoms with E-state index < -0.39 is 23.5 Å². The molecule has 9 nitrogen and oxygen atoms in total. The third-order valence-electron chi connectivity index (χ3n) is 5.21. The first kappa shape index (κ1) is 28.3. The Morgan fingerprint density at radius 2 is 1.82 bits per heavy atom. The van der Waals surface area contributed by atoms with Gasteiger partial charge >= 0.3 is 5.97 Å². The van der Waals surface area contributed by atoms with Crippen LogP contribution in [-0.4, -0.2) is 37.5 Å². The highest BCUT2D eigenvalue weighted by Gasteiger charge is 2.17. The van der Waals surface area contributed by atoms with Gasteiger partial charge in [-0.05, 0) is 56.3 Å². The zero-order chi connectivity index (χ0) is 27.7. The fourth-order valence-electron chi connectivity index (χ4n) is 3.53. The normalized spacial score (nSPS) is 10.4. The highest BCUT2D eigenvalue weighted by atomic mass is 35.5. The summed E-state index contributed by atoms with van der Waals surface area (Å²) >= 11 is 6.15. The Labute approximate surface area is 224 Å². The van der Waals surface area contributed by atoms with E-state index in [9.17, 15) is 14.0 Å². The van der Waals surface area contributed by atoms with Crippen LogP contribution < -0.4 is 25.8 Å². The zero-order valence-corrected chi connectivity index (χ0v) is 21.7. The molecule has 1 amide bonds. The van der Waals surface area contributed by atoms with Gasteiger partial charge in [0.2, 0.25) is 0 Å². The van der Waals surface area contributed by atoms with E-state index in [0.29, 0.717) is 34.4 Å². The van der Waals surface area contributed by atoms with E-state index in [1.165, 1.54) is 18.2 Å². The molecule has 3 aromatic carbocycles. The van der Waals surface area contributed by atoms with Gasteiger partial charge in [-0.15, -0.1) is 0 Å². The molecule has 0 aliphatic heterocycles. The predicted octanol–water partition coefficient (Wildman–Crippen LogP) is 4.97. The minimum absolute atomic E-state index is 0.0663. The van der Waals surface area contributed by atoms with Crippen molar-refractivity contribution in [2.45, 2.75) is 20.4 Å². The first-order valence-electron chi connectivity index (χ1n) is 11.7. The standard InChI is InChI=1S/C27H28ClFN4O5/c1-3-36-23-7-5-6-16(25(23)38-15-24(34)37-4-2)14-32-22-11-8-17(28)12-20(22)27(35)33-18-9-10-19(26(30)31)21(29)13-18/h5-13,32H,3-4,14-15H2,1-2H3,(H3,30,31)(H,33,35). The number of esters is 1. The van der Waals surface area contributed by atoms with Crippen molar-refractivity contribution in [3.05, 3.63) is 82.1 Å². The summed E-state index contributed by atoms with van der Waals surface area (Å²) in [6, 6.07) is 13.9. The van der Waals surface area contributed by atoms with Crippen LogP contribution in [0.4, 0.5) is 15.8 Å². The topological polar surface area (TPSA) is 136 Å². The van der Waals surface area contributed by atoms with Crippen molar-refractivity contribution >= 4 is 40.7 Å². The van der Waals surface area contributed by atoms with Crippen molar-refractivity contribution in [2.24, 2.45) is 5.73 Å². The fourth-order valence-corrected chi connectivity index (χ4v) is 3.70. The van der Waals surface area contributed by atoms with Crippen LogP contribution in [-0.2, 0) is 16.1 Å². The number of carbonyl (C=O) groups excluding carboxylic acids is 2. The molecular weight excluding hydrogens is 515 g/mol. The van der Waals surface area contributed by atoms with Crippen molar-refractivity contribution in [1.29, 1.82) is 5.41 Å². The summed E-state index contributed by atoms with van der Waals surface area (Å²) in [5, 5.41) is 13.5. The Morgan fingerprint density at radius 3 is 2.50 bits per heavy atom. The molecule has 0 saturated heterocycles. The molecule has 0 atom stereocenters. The highest BCUT2D eigenvalue weighted by Crippen LogP contribution is 2.33. The van der Waals surface area contributed by atoms with Crippen molar-refractivity contribution in [3.8, 4) is 11.5 Å². The summed E-state index contributed by atoms with van der Waals surface area (Å²) in [6.45, 7) is 4.08. The van der Waals surface area contributed by atoms with Gasteiger partial charge in [-0.2, -0.15) is 0 Å². The summed E-state index contributed by atoms with van der Waals surface area (Å²) in [5.74, 6) is -1.36. The van der Waals surface area contributed by atoms with E-state index in [4.69, 9.17) is 37.0 Å². The maximum Gasteiger partial charge on any atom is 0.344 e. The number of nitrogen functional groups attached to an aromatic ring is 1. The summed E-state index contributed by atoms with van der Waals surface area (Å²) in [5.41, 5.74) is 6.80. The Hall–Kier alpha value is -4.31. The third-order valence-corrected chi connectivity index (χ3v) is 5.45. The van der Waals surface area contributed by atoms with Crippen molar-refractivity contribution in [1.82, 2.24) is 0 Å². The fraction of sp³-hybridized carbons (Fsp3) is 0.222. The summed E-state index contributed by atoms with van der Waals surface area (Å²) in [4.78, 5) is 24.9. The molecule has 0 fully saturated rings. The molecule has 200 valence electrons. The lowest BCUT2D eigenvalue weighted by molar-refractivity contribution is -0.145. The van der Waals surface area contributed by atoms with Gasteiger partial charge in [0.15, 0.2) is 18.1 Å². The number of amidine groups is 1. The van der Waals surface area contributed by atoms with Crippen LogP contribution in [0.25, 0.3) is 0 Å². The maximum atomic E-state index is 14.2. The molecule has 3 rings (SSSR count). The highest BCUT2D eigenvalue weighted by molar-refractivity contribution is 6.31. The van der Waals surface area contributed by atoms with E-state index in [1.54, 1.807) is 37.3 Å². The van der Waals surface area contributed by atoms with Gasteiger partial charge in [0.05, 0.1) is 24.3 Å². The molecule has 3 aromatic rings. The lowest BCUT2D eigenvalue weighted by atomic mass is 10.1. The van der Waals surface area contributed by atoms with E-state index in [-0.39, 0.29) is 36.6 Å². The van der Waals surface area contributed by atoms with Gasteiger partial charge in [0.25, 0.3) is 5.91 Å². The number of hydrogen-bond acceptors (Lipinski definition) is 7. The Balaban J connectivity index is 1.82. The molecular formula is C27H28ClFN4O5. The molecule has 0 aliphatic rings. The number of rotatable bonds is 12. The zero-order valence-electron chi connectivity index (χ0n) is 20.9. The molecule has 0 heterocycles. The van der Waals surface area contributed by atoms with Gasteiger partial charge in [-0.3, -0.25) is 10.2 Å². The van der Waals surface area contributed by atoms with Crippen molar-refractivity contribution in [2.75, 3.05) is 30.5 Å². The Bertz CT molecular complexity index is 1330. The maximum absolute atomic E-state index is 14.2. The number of halogens is 2. The molecule has 38 heavy (non-hydrogen) atoms. The van der Waals surface area contributed by atoms with E-state index in [2.05, 4.69) is 10.6 Å². The summed E-state index contributed by atoms with van der Waals surface area (Å²) in [6.07, 6.45) is 0. The lowest BCUT2D eigenvalue weighted by Crippen LogP contribution is -2.17. The van der Waals surface area contributed by atoms with Gasteiger partial charge < -0.3 is 30.6 Å². The van der Waals surface area contributed by atoms with Crippen LogP contribution in [0.5, 0.6) is 11.5 Å². The van der Waals surface area contributed by atoms with E-state index in [0.717, 1.165) is 6.07 Å². The lowest BCUT2D eigenvalue weighted by Gasteiger charge is -2.17. The van der Waals surface area contributed by atoms with E-state index in [1.807, 2.05) is 6.92 Å². The van der Waals surface area contributed by atoms with Crippen molar-refractivity contribution < 1.29 is 28.2 Å². The molecule has 5 N–H and O–H groups in total. The van der Waals surface area contributed by atoms with Crippen LogP contribution in [0.1, 0.15) is 35.3 Å². The number of carbonyl (C=O) groups is 2. The summed E-state index contributed by atoms with van der Waals surface area (Å²) < 4.78 is 30.6. The molecule has 0 saturated carbocycles. The number of nitrogens with two attached hydrogens (primary N) is 1. The average Bonchev–Trinajstić information content (AvgIpc) is 2.87. The first-order valence-corrected chi connectivity index (χ1v) is 12.1. The minimum atomic E-state index is -0.732. The SMILES string of the molecule is CCOC(=O)COc1c(CNc2ccc(Cl)cc2C(=O)Nc2ccc(C(=N)N)c(F)c2)cccc1OCC. The molecule has 0 aromatic heterocycles. The summed E-state index contributed by atoms with van der Waals surface area (Å²) in [7, 11) is 0. The molecule has 0 aliphatic carbocycles. The Kier molecular flexibility index (Phi) is 9.89. The van der Waals surface area contributed by atoms with Gasteiger partial charge in [0, 0.05) is 28.5 Å². The molecule has 0 radical (unpaired) electrons. The second-order valence-electron chi connectivity index (χ2n) is 7.88. The number of anilines is 2. The quantitative estimate of drug-likeness (QED) is 0.144. The number of nitrogens with one attached hydrogen (secondary N) is 3. The molecule has 0 unspecified atom stereocenters. The number of para-hydroxylation sites is 1. The first-order chi connectivity index (χ1) is 18.2. The molecule has 0 spiro atoms. The largest absolute Gasteiger partial charge is 0.490 e. The number of amides is 1. The number of hydrogen-bond donors (Lipinski definition) is 4. The average molecular weight is 543 g/mol. The minimum Gasteiger partial charge on any atom is -0.490 e. The van der Waals surface area contributed by atoms with Crippen LogP contribution in [0, 0.1) is 11.2 Å². The van der Waals surface area contributed by atoms with Crippen molar-refractivity contribution in [3.63, 3.8) is 0 Å². The monoisotopic (exact) mass is 542 g/mol. The van der Waals surface area contributed by atoms with Gasteiger partial charge in [-0.25, -0.2) is 9.18 Å². The van der Waals surface area contributed by atoms with Gasteiger partial charge in [0.1, 0.15) is 11.7 Å². The van der Waals surface area contributed by atoms with Gasteiger partial charge in [-0.1, -0.05) is 23.7 Å².